The first-order valence-corrected chi connectivity index (χ1v) is 5.96. The van der Waals surface area contributed by atoms with E-state index in [1.54, 1.807) is 0 Å². The van der Waals surface area contributed by atoms with Crippen molar-refractivity contribution in [3.05, 3.63) is 0 Å². The molecule has 18 heavy (non-hydrogen) atoms. The SMILES string of the molecule is CC1(OCC(=O)N2CCOCC2C(=O)O)CNC1. The van der Waals surface area contributed by atoms with Gasteiger partial charge in [0, 0.05) is 19.6 Å². The van der Waals surface area contributed by atoms with Crippen LogP contribution in [-0.2, 0) is 19.1 Å². The molecule has 102 valence electrons. The lowest BCUT2D eigenvalue weighted by atomic mass is 10.0. The van der Waals surface area contributed by atoms with Crippen molar-refractivity contribution in [3.63, 3.8) is 0 Å². The molecule has 2 aliphatic rings. The summed E-state index contributed by atoms with van der Waals surface area (Å²) in [5, 5.41) is 12.1. The van der Waals surface area contributed by atoms with Gasteiger partial charge in [-0.3, -0.25) is 4.79 Å². The highest BCUT2D eigenvalue weighted by Gasteiger charge is 2.36. The Morgan fingerprint density at radius 2 is 2.28 bits per heavy atom. The Morgan fingerprint density at radius 3 is 2.83 bits per heavy atom. The molecule has 7 heteroatoms. The molecule has 0 radical (unpaired) electrons. The molecule has 7 nitrogen and oxygen atoms in total. The molecular weight excluding hydrogens is 240 g/mol. The van der Waals surface area contributed by atoms with E-state index >= 15 is 0 Å². The van der Waals surface area contributed by atoms with Gasteiger partial charge in [0.2, 0.25) is 5.91 Å². The van der Waals surface area contributed by atoms with Gasteiger partial charge in [-0.25, -0.2) is 4.79 Å². The Bertz CT molecular complexity index is 342. The van der Waals surface area contributed by atoms with E-state index in [1.807, 2.05) is 6.92 Å². The second-order valence-electron chi connectivity index (χ2n) is 4.86. The molecule has 2 heterocycles. The van der Waals surface area contributed by atoms with Crippen molar-refractivity contribution in [2.75, 3.05) is 39.5 Å². The zero-order valence-electron chi connectivity index (χ0n) is 10.3. The number of hydrogen-bond donors (Lipinski definition) is 2. The van der Waals surface area contributed by atoms with E-state index in [0.29, 0.717) is 26.2 Å². The number of morpholine rings is 1. The number of carboxylic acid groups (broad SMARTS) is 1. The van der Waals surface area contributed by atoms with Crippen LogP contribution in [0, 0.1) is 0 Å². The minimum Gasteiger partial charge on any atom is -0.480 e. The Morgan fingerprint density at radius 1 is 1.56 bits per heavy atom. The summed E-state index contributed by atoms with van der Waals surface area (Å²) in [7, 11) is 0. The molecular formula is C11H18N2O5. The van der Waals surface area contributed by atoms with Crippen molar-refractivity contribution in [3.8, 4) is 0 Å². The number of carboxylic acids is 1. The van der Waals surface area contributed by atoms with Crippen LogP contribution in [0.1, 0.15) is 6.92 Å². The van der Waals surface area contributed by atoms with Gasteiger partial charge in [0.25, 0.3) is 0 Å². The lowest BCUT2D eigenvalue weighted by Crippen LogP contribution is -2.60. The van der Waals surface area contributed by atoms with Crippen LogP contribution in [0.2, 0.25) is 0 Å². The topological polar surface area (TPSA) is 88.1 Å². The van der Waals surface area contributed by atoms with Gasteiger partial charge in [-0.15, -0.1) is 0 Å². The molecule has 2 fully saturated rings. The van der Waals surface area contributed by atoms with Crippen LogP contribution in [0.3, 0.4) is 0 Å². The Labute approximate surface area is 105 Å². The third-order valence-electron chi connectivity index (χ3n) is 3.28. The molecule has 0 aromatic rings. The van der Waals surface area contributed by atoms with Crippen molar-refractivity contribution in [1.29, 1.82) is 0 Å². The second-order valence-corrected chi connectivity index (χ2v) is 4.86. The summed E-state index contributed by atoms with van der Waals surface area (Å²) < 4.78 is 10.6. The summed E-state index contributed by atoms with van der Waals surface area (Å²) in [4.78, 5) is 24.3. The van der Waals surface area contributed by atoms with Gasteiger partial charge >= 0.3 is 5.97 Å². The molecule has 0 aromatic heterocycles. The zero-order chi connectivity index (χ0) is 13.2. The zero-order valence-corrected chi connectivity index (χ0v) is 10.3. The smallest absolute Gasteiger partial charge is 0.328 e. The first-order chi connectivity index (χ1) is 8.52. The molecule has 2 aliphatic heterocycles. The molecule has 0 saturated carbocycles. The fraction of sp³-hybridized carbons (Fsp3) is 0.818. The molecule has 0 bridgehead atoms. The first kappa shape index (κ1) is 13.3. The van der Waals surface area contributed by atoms with E-state index in [-0.39, 0.29) is 24.7 Å². The maximum absolute atomic E-state index is 12.0. The van der Waals surface area contributed by atoms with Crippen LogP contribution in [0.5, 0.6) is 0 Å². The molecule has 2 N–H and O–H groups in total. The molecule has 0 spiro atoms. The third kappa shape index (κ3) is 2.80. The standard InChI is InChI=1S/C11H18N2O5/c1-11(6-12-7-11)18-5-9(14)13-2-3-17-4-8(13)10(15)16/h8,12H,2-7H2,1H3,(H,15,16). The number of nitrogens with zero attached hydrogens (tertiary/aromatic N) is 1. The molecule has 1 amide bonds. The molecule has 0 aliphatic carbocycles. The Hall–Kier alpha value is -1.18. The highest BCUT2D eigenvalue weighted by Crippen LogP contribution is 2.16. The highest BCUT2D eigenvalue weighted by molar-refractivity contribution is 5.84. The van der Waals surface area contributed by atoms with Gasteiger partial charge in [-0.2, -0.15) is 0 Å². The summed E-state index contributed by atoms with van der Waals surface area (Å²) >= 11 is 0. The number of aliphatic carboxylic acids is 1. The number of amides is 1. The largest absolute Gasteiger partial charge is 0.480 e. The average Bonchev–Trinajstić information content (AvgIpc) is 2.33. The summed E-state index contributed by atoms with van der Waals surface area (Å²) in [5.74, 6) is -1.33. The van der Waals surface area contributed by atoms with Crippen LogP contribution < -0.4 is 5.32 Å². The lowest BCUT2D eigenvalue weighted by molar-refractivity contribution is -0.164. The van der Waals surface area contributed by atoms with Crippen molar-refractivity contribution in [1.82, 2.24) is 10.2 Å². The van der Waals surface area contributed by atoms with Crippen LogP contribution in [0.15, 0.2) is 0 Å². The molecule has 1 atom stereocenters. The van der Waals surface area contributed by atoms with Crippen molar-refractivity contribution in [2.45, 2.75) is 18.6 Å². The van der Waals surface area contributed by atoms with Crippen molar-refractivity contribution in [2.24, 2.45) is 0 Å². The van der Waals surface area contributed by atoms with Gasteiger partial charge in [-0.1, -0.05) is 0 Å². The Kier molecular flexibility index (Phi) is 3.84. The lowest BCUT2D eigenvalue weighted by Gasteiger charge is -2.40. The van der Waals surface area contributed by atoms with Gasteiger partial charge in [0.15, 0.2) is 6.04 Å². The van der Waals surface area contributed by atoms with E-state index < -0.39 is 12.0 Å². The monoisotopic (exact) mass is 258 g/mol. The summed E-state index contributed by atoms with van der Waals surface area (Å²) in [6.07, 6.45) is 0. The normalized spacial score (nSPS) is 26.5. The summed E-state index contributed by atoms with van der Waals surface area (Å²) in [6.45, 7) is 3.98. The molecule has 1 unspecified atom stereocenters. The predicted molar refractivity (Wildman–Crippen MR) is 61.2 cm³/mol. The van der Waals surface area contributed by atoms with Crippen LogP contribution in [-0.4, -0.2) is 73.0 Å². The maximum atomic E-state index is 12.0. The minimum atomic E-state index is -1.04. The van der Waals surface area contributed by atoms with Gasteiger partial charge in [0.1, 0.15) is 6.61 Å². The van der Waals surface area contributed by atoms with Crippen molar-refractivity contribution >= 4 is 11.9 Å². The maximum Gasteiger partial charge on any atom is 0.328 e. The number of rotatable bonds is 4. The van der Waals surface area contributed by atoms with E-state index in [0.717, 1.165) is 0 Å². The van der Waals surface area contributed by atoms with E-state index in [9.17, 15) is 9.59 Å². The second kappa shape index (κ2) is 5.21. The van der Waals surface area contributed by atoms with Gasteiger partial charge in [-0.05, 0) is 6.92 Å². The highest BCUT2D eigenvalue weighted by atomic mass is 16.5. The number of nitrogens with one attached hydrogen (secondary N) is 1. The van der Waals surface area contributed by atoms with Gasteiger partial charge < -0.3 is 24.8 Å². The predicted octanol–water partition coefficient (Wildman–Crippen LogP) is -1.32. The van der Waals surface area contributed by atoms with Crippen LogP contribution in [0.25, 0.3) is 0 Å². The van der Waals surface area contributed by atoms with E-state index in [4.69, 9.17) is 14.6 Å². The number of ether oxygens (including phenoxy) is 2. The van der Waals surface area contributed by atoms with Gasteiger partial charge in [0.05, 0.1) is 18.8 Å². The van der Waals surface area contributed by atoms with E-state index in [1.165, 1.54) is 4.90 Å². The van der Waals surface area contributed by atoms with Crippen LogP contribution in [0.4, 0.5) is 0 Å². The summed E-state index contributed by atoms with van der Waals surface area (Å²) in [6, 6.07) is -0.901. The quantitative estimate of drug-likeness (QED) is 0.650. The molecule has 0 aromatic carbocycles. The number of carbonyl (C=O) groups excluding carboxylic acids is 1. The number of carbonyl (C=O) groups is 2. The summed E-state index contributed by atoms with van der Waals surface area (Å²) in [5.41, 5.74) is -0.305. The van der Waals surface area contributed by atoms with E-state index in [2.05, 4.69) is 5.32 Å². The fourth-order valence-corrected chi connectivity index (χ4v) is 2.00. The average molecular weight is 258 g/mol. The number of hydrogen-bond acceptors (Lipinski definition) is 5. The fourth-order valence-electron chi connectivity index (χ4n) is 2.00. The minimum absolute atomic E-state index is 0.0416. The molecule has 2 rings (SSSR count). The Balaban J connectivity index is 1.87. The molecule has 2 saturated heterocycles. The first-order valence-electron chi connectivity index (χ1n) is 5.96. The van der Waals surface area contributed by atoms with Crippen molar-refractivity contribution < 1.29 is 24.2 Å². The van der Waals surface area contributed by atoms with Crippen LogP contribution >= 0.6 is 0 Å². The third-order valence-corrected chi connectivity index (χ3v) is 3.28.